The molecule has 17 heavy (non-hydrogen) atoms. The maximum atomic E-state index is 10.7. The molecule has 1 rings (SSSR count). The van der Waals surface area contributed by atoms with E-state index in [1.54, 1.807) is 19.9 Å². The lowest BCUT2D eigenvalue weighted by Gasteiger charge is -2.22. The van der Waals surface area contributed by atoms with Crippen molar-refractivity contribution in [3.63, 3.8) is 0 Å². The Bertz CT molecular complexity index is 441. The summed E-state index contributed by atoms with van der Waals surface area (Å²) in [6, 6.07) is 5.86. The molecule has 0 amide bonds. The number of carboxylic acid groups (broad SMARTS) is 1. The maximum absolute atomic E-state index is 10.7. The molecule has 0 atom stereocenters. The van der Waals surface area contributed by atoms with Crippen LogP contribution in [0.2, 0.25) is 0 Å². The van der Waals surface area contributed by atoms with Crippen LogP contribution >= 0.6 is 0 Å². The number of aromatic carboxylic acids is 1. The summed E-state index contributed by atoms with van der Waals surface area (Å²) in [6.45, 7) is 2.79. The van der Waals surface area contributed by atoms with Gasteiger partial charge in [-0.1, -0.05) is 6.07 Å². The van der Waals surface area contributed by atoms with Crippen LogP contribution in [0.3, 0.4) is 0 Å². The van der Waals surface area contributed by atoms with Gasteiger partial charge in [0, 0.05) is 4.92 Å². The van der Waals surface area contributed by atoms with Gasteiger partial charge in [0.1, 0.15) is 5.75 Å². The first-order valence-corrected chi connectivity index (χ1v) is 4.94. The second kappa shape index (κ2) is 4.82. The third-order valence-electron chi connectivity index (χ3n) is 1.99. The number of nitrogens with zero attached hydrogens (tertiary/aromatic N) is 1. The average Bonchev–Trinajstić information content (AvgIpc) is 2.14. The van der Waals surface area contributed by atoms with Gasteiger partial charge in [0.15, 0.2) is 5.60 Å². The third-order valence-corrected chi connectivity index (χ3v) is 1.99. The molecule has 0 radical (unpaired) electrons. The van der Waals surface area contributed by atoms with Crippen molar-refractivity contribution in [3.05, 3.63) is 39.9 Å². The van der Waals surface area contributed by atoms with Crippen LogP contribution in [-0.2, 0) is 0 Å². The lowest BCUT2D eigenvalue weighted by molar-refractivity contribution is -0.496. The molecule has 0 fully saturated rings. The fourth-order valence-corrected chi connectivity index (χ4v) is 1.35. The van der Waals surface area contributed by atoms with Crippen molar-refractivity contribution in [2.24, 2.45) is 0 Å². The van der Waals surface area contributed by atoms with Gasteiger partial charge < -0.3 is 9.84 Å². The van der Waals surface area contributed by atoms with Crippen molar-refractivity contribution in [2.75, 3.05) is 6.54 Å². The molecule has 6 nitrogen and oxygen atoms in total. The fraction of sp³-hybridized carbons (Fsp3) is 0.364. The number of carbonyl (C=O) groups is 1. The Morgan fingerprint density at radius 3 is 2.71 bits per heavy atom. The fourth-order valence-electron chi connectivity index (χ4n) is 1.35. The zero-order chi connectivity index (χ0) is 13.1. The number of nitro groups is 1. The van der Waals surface area contributed by atoms with Gasteiger partial charge in [-0.05, 0) is 32.0 Å². The van der Waals surface area contributed by atoms with Crippen LogP contribution in [0.5, 0.6) is 5.75 Å². The van der Waals surface area contributed by atoms with Gasteiger partial charge in [0.25, 0.3) is 0 Å². The van der Waals surface area contributed by atoms with Crippen LogP contribution in [0.25, 0.3) is 0 Å². The molecule has 1 N–H and O–H groups in total. The van der Waals surface area contributed by atoms with Crippen LogP contribution in [0.1, 0.15) is 24.2 Å². The summed E-state index contributed by atoms with van der Waals surface area (Å²) in [5, 5.41) is 19.2. The monoisotopic (exact) mass is 239 g/mol. The number of ether oxygens (including phenoxy) is 1. The molecule has 0 aliphatic carbocycles. The number of carboxylic acids is 1. The normalized spacial score (nSPS) is 10.9. The van der Waals surface area contributed by atoms with E-state index in [9.17, 15) is 14.9 Å². The summed E-state index contributed by atoms with van der Waals surface area (Å²) in [6.07, 6.45) is 0. The highest BCUT2D eigenvalue weighted by Crippen LogP contribution is 2.19. The van der Waals surface area contributed by atoms with Crippen molar-refractivity contribution >= 4 is 5.97 Å². The van der Waals surface area contributed by atoms with Crippen molar-refractivity contribution in [3.8, 4) is 5.75 Å². The predicted molar refractivity (Wildman–Crippen MR) is 60.0 cm³/mol. The van der Waals surface area contributed by atoms with Crippen LogP contribution < -0.4 is 4.74 Å². The number of hydrogen-bond acceptors (Lipinski definition) is 4. The first-order chi connectivity index (χ1) is 7.80. The zero-order valence-electron chi connectivity index (χ0n) is 9.54. The molecule has 0 unspecified atom stereocenters. The largest absolute Gasteiger partial charge is 0.481 e. The number of benzene rings is 1. The molecule has 6 heteroatoms. The molecular weight excluding hydrogens is 226 g/mol. The van der Waals surface area contributed by atoms with E-state index < -0.39 is 16.5 Å². The van der Waals surface area contributed by atoms with Gasteiger partial charge in [0.2, 0.25) is 6.54 Å². The predicted octanol–water partition coefficient (Wildman–Crippen LogP) is 1.82. The molecule has 0 saturated carbocycles. The molecule has 0 heterocycles. The summed E-state index contributed by atoms with van der Waals surface area (Å²) in [7, 11) is 0. The number of hydrogen-bond donors (Lipinski definition) is 1. The molecule has 92 valence electrons. The van der Waals surface area contributed by atoms with E-state index in [1.807, 2.05) is 0 Å². The summed E-state index contributed by atoms with van der Waals surface area (Å²) in [5.74, 6) is -0.765. The highest BCUT2D eigenvalue weighted by Gasteiger charge is 2.26. The van der Waals surface area contributed by atoms with Crippen molar-refractivity contribution in [2.45, 2.75) is 19.4 Å². The van der Waals surface area contributed by atoms with Crippen LogP contribution in [0, 0.1) is 10.1 Å². The van der Waals surface area contributed by atoms with E-state index in [2.05, 4.69) is 0 Å². The molecule has 0 saturated heterocycles. The van der Waals surface area contributed by atoms with Crippen molar-refractivity contribution in [1.29, 1.82) is 0 Å². The summed E-state index contributed by atoms with van der Waals surface area (Å²) >= 11 is 0. The van der Waals surface area contributed by atoms with Crippen LogP contribution in [0.15, 0.2) is 24.3 Å². The Balaban J connectivity index is 2.84. The quantitative estimate of drug-likeness (QED) is 0.625. The van der Waals surface area contributed by atoms with E-state index in [0.29, 0.717) is 5.75 Å². The minimum absolute atomic E-state index is 0.0828. The Morgan fingerprint density at radius 2 is 2.18 bits per heavy atom. The molecule has 0 aliphatic heterocycles. The van der Waals surface area contributed by atoms with E-state index in [-0.39, 0.29) is 12.1 Å². The molecule has 1 aromatic rings. The first-order valence-electron chi connectivity index (χ1n) is 4.94. The Morgan fingerprint density at radius 1 is 1.53 bits per heavy atom. The standard InChI is InChI=1S/C11H13NO5/c1-11(2,7-12(15)16)17-9-5-3-4-8(6-9)10(13)14/h3-6H,7H2,1-2H3,(H,13,14). The van der Waals surface area contributed by atoms with Crippen LogP contribution in [0.4, 0.5) is 0 Å². The van der Waals surface area contributed by atoms with E-state index in [4.69, 9.17) is 9.84 Å². The topological polar surface area (TPSA) is 89.7 Å². The molecule has 0 aromatic heterocycles. The van der Waals surface area contributed by atoms with Gasteiger partial charge in [-0.2, -0.15) is 0 Å². The van der Waals surface area contributed by atoms with Gasteiger partial charge >= 0.3 is 5.97 Å². The summed E-state index contributed by atoms with van der Waals surface area (Å²) in [5.41, 5.74) is -0.903. The molecule has 0 bridgehead atoms. The van der Waals surface area contributed by atoms with Crippen LogP contribution in [-0.4, -0.2) is 28.1 Å². The second-order valence-electron chi connectivity index (χ2n) is 4.19. The average molecular weight is 239 g/mol. The lowest BCUT2D eigenvalue weighted by Crippen LogP contribution is -2.36. The van der Waals surface area contributed by atoms with Crippen molar-refractivity contribution < 1.29 is 19.6 Å². The molecular formula is C11H13NO5. The molecule has 0 aliphatic rings. The molecule has 0 spiro atoms. The third kappa shape index (κ3) is 4.10. The van der Waals surface area contributed by atoms with E-state index in [1.165, 1.54) is 18.2 Å². The lowest BCUT2D eigenvalue weighted by atomic mass is 10.1. The second-order valence-corrected chi connectivity index (χ2v) is 4.19. The maximum Gasteiger partial charge on any atom is 0.335 e. The summed E-state index contributed by atoms with van der Waals surface area (Å²) in [4.78, 5) is 20.7. The van der Waals surface area contributed by atoms with Gasteiger partial charge in [0.05, 0.1) is 5.56 Å². The van der Waals surface area contributed by atoms with Gasteiger partial charge in [-0.3, -0.25) is 10.1 Å². The minimum atomic E-state index is -1.07. The smallest absolute Gasteiger partial charge is 0.335 e. The first kappa shape index (κ1) is 13.0. The van der Waals surface area contributed by atoms with E-state index in [0.717, 1.165) is 0 Å². The SMILES string of the molecule is CC(C)(C[N+](=O)[O-])Oc1cccc(C(=O)O)c1. The summed E-state index contributed by atoms with van der Waals surface area (Å²) < 4.78 is 5.40. The zero-order valence-corrected chi connectivity index (χ0v) is 9.54. The Hall–Kier alpha value is -2.11. The molecule has 1 aromatic carbocycles. The number of rotatable bonds is 5. The van der Waals surface area contributed by atoms with Gasteiger partial charge in [-0.15, -0.1) is 0 Å². The highest BCUT2D eigenvalue weighted by molar-refractivity contribution is 5.87. The highest BCUT2D eigenvalue weighted by atomic mass is 16.6. The minimum Gasteiger partial charge on any atom is -0.481 e. The van der Waals surface area contributed by atoms with Gasteiger partial charge in [-0.25, -0.2) is 4.79 Å². The van der Waals surface area contributed by atoms with E-state index >= 15 is 0 Å². The van der Waals surface area contributed by atoms with Crippen molar-refractivity contribution in [1.82, 2.24) is 0 Å². The Labute approximate surface area is 98.0 Å². The Kier molecular flexibility index (Phi) is 3.67.